The van der Waals surface area contributed by atoms with Crippen LogP contribution in [-0.4, -0.2) is 76.6 Å². The third-order valence-corrected chi connectivity index (χ3v) is 9.82. The lowest BCUT2D eigenvalue weighted by molar-refractivity contribution is -0.152. The number of carbonyl (C=O) groups excluding carboxylic acids is 3. The molecule has 0 radical (unpaired) electrons. The van der Waals surface area contributed by atoms with E-state index in [0.29, 0.717) is 24.2 Å². The number of likely N-dealkylation sites (tertiary alicyclic amines) is 1. The number of fused-ring (bicyclic) bond motifs is 3. The van der Waals surface area contributed by atoms with Gasteiger partial charge in [-0.05, 0) is 34.9 Å². The van der Waals surface area contributed by atoms with E-state index >= 15 is 0 Å². The average molecular weight is 578 g/mol. The molecule has 0 saturated carbocycles. The molecule has 3 amide bonds. The van der Waals surface area contributed by atoms with Gasteiger partial charge in [0.1, 0.15) is 11.6 Å². The minimum atomic E-state index is -1.40. The Kier molecular flexibility index (Phi) is 6.52. The number of nitrogens with zero attached hydrogens (tertiary/aromatic N) is 3. The molecule has 1 unspecified atom stereocenters. The molecule has 8 heteroatoms. The number of aliphatic hydroxyl groups is 1. The first-order chi connectivity index (χ1) is 20.8. The van der Waals surface area contributed by atoms with Gasteiger partial charge in [0.05, 0.1) is 30.1 Å². The van der Waals surface area contributed by atoms with Crippen molar-refractivity contribution in [3.8, 4) is 0 Å². The number of hydrogen-bond donors (Lipinski definition) is 1. The van der Waals surface area contributed by atoms with Crippen LogP contribution in [0.5, 0.6) is 0 Å². The lowest BCUT2D eigenvalue weighted by Crippen LogP contribution is -2.57. The fourth-order valence-electron chi connectivity index (χ4n) is 7.76. The van der Waals surface area contributed by atoms with E-state index in [1.54, 1.807) is 16.8 Å². The quantitative estimate of drug-likeness (QED) is 0.465. The van der Waals surface area contributed by atoms with Crippen molar-refractivity contribution in [2.45, 2.75) is 36.6 Å². The van der Waals surface area contributed by atoms with E-state index in [2.05, 4.69) is 0 Å². The van der Waals surface area contributed by atoms with Crippen molar-refractivity contribution in [2.24, 2.45) is 11.8 Å². The largest absolute Gasteiger partial charge is 0.394 e. The Morgan fingerprint density at radius 2 is 1.58 bits per heavy atom. The highest BCUT2D eigenvalue weighted by Crippen LogP contribution is 2.59. The second-order valence-electron chi connectivity index (χ2n) is 12.0. The maximum absolute atomic E-state index is 14.9. The number of amides is 3. The smallest absolute Gasteiger partial charge is 0.253 e. The Morgan fingerprint density at radius 1 is 0.860 bits per heavy atom. The molecular formula is C35H35N3O5. The number of anilines is 1. The van der Waals surface area contributed by atoms with Gasteiger partial charge in [-0.2, -0.15) is 0 Å². The van der Waals surface area contributed by atoms with Gasteiger partial charge in [0.2, 0.25) is 11.8 Å². The summed E-state index contributed by atoms with van der Waals surface area (Å²) in [6.45, 7) is 2.25. The first kappa shape index (κ1) is 27.6. The zero-order chi connectivity index (χ0) is 29.9. The summed E-state index contributed by atoms with van der Waals surface area (Å²) in [6.07, 6.45) is 8.04. The molecule has 0 bridgehead atoms. The third kappa shape index (κ3) is 3.93. The van der Waals surface area contributed by atoms with Gasteiger partial charge in [-0.3, -0.25) is 14.4 Å². The Bertz CT molecular complexity index is 1670. The highest BCUT2D eigenvalue weighted by atomic mass is 16.5. The van der Waals surface area contributed by atoms with E-state index in [4.69, 9.17) is 4.74 Å². The van der Waals surface area contributed by atoms with E-state index in [-0.39, 0.29) is 30.9 Å². The normalized spacial score (nSPS) is 30.7. The predicted octanol–water partition coefficient (Wildman–Crippen LogP) is 3.87. The van der Waals surface area contributed by atoms with E-state index in [1.165, 1.54) is 4.90 Å². The second-order valence-corrected chi connectivity index (χ2v) is 12.0. The summed E-state index contributed by atoms with van der Waals surface area (Å²) in [4.78, 5) is 48.6. The first-order valence-electron chi connectivity index (χ1n) is 14.9. The zero-order valence-electron chi connectivity index (χ0n) is 24.3. The minimum Gasteiger partial charge on any atom is -0.394 e. The van der Waals surface area contributed by atoms with Crippen molar-refractivity contribution in [3.63, 3.8) is 0 Å². The van der Waals surface area contributed by atoms with Crippen molar-refractivity contribution in [3.05, 3.63) is 103 Å². The van der Waals surface area contributed by atoms with E-state index < -0.39 is 35.1 Å². The van der Waals surface area contributed by atoms with Crippen molar-refractivity contribution >= 4 is 34.2 Å². The van der Waals surface area contributed by atoms with Crippen LogP contribution in [0.15, 0.2) is 97.1 Å². The molecule has 2 fully saturated rings. The van der Waals surface area contributed by atoms with Crippen molar-refractivity contribution in [1.29, 1.82) is 0 Å². The molecule has 220 valence electrons. The third-order valence-electron chi connectivity index (χ3n) is 9.82. The average Bonchev–Trinajstić information content (AvgIpc) is 3.33. The SMILES string of the molecule is CC[C@@]12C=CCN(C)C(=O)[C@@H]1[C@H]1C(=O)N([C@H](CO)c3ccccc3)C3C(=O)N(c4ccc5ccccc5c4)CC=C[C@@]31O2. The molecule has 3 aromatic rings. The molecule has 6 atom stereocenters. The van der Waals surface area contributed by atoms with Crippen molar-refractivity contribution in [1.82, 2.24) is 9.80 Å². The van der Waals surface area contributed by atoms with Gasteiger partial charge in [0.15, 0.2) is 0 Å². The number of hydrogen-bond acceptors (Lipinski definition) is 5. The highest BCUT2D eigenvalue weighted by molar-refractivity contribution is 6.07. The molecule has 1 spiro atoms. The molecule has 2 saturated heterocycles. The lowest BCUT2D eigenvalue weighted by atomic mass is 9.73. The number of aliphatic hydroxyl groups excluding tert-OH is 1. The molecule has 4 aliphatic rings. The summed E-state index contributed by atoms with van der Waals surface area (Å²) in [7, 11) is 1.73. The van der Waals surface area contributed by atoms with Crippen LogP contribution in [0.2, 0.25) is 0 Å². The Morgan fingerprint density at radius 3 is 2.33 bits per heavy atom. The topological polar surface area (TPSA) is 90.4 Å². The van der Waals surface area contributed by atoms with E-state index in [9.17, 15) is 19.5 Å². The van der Waals surface area contributed by atoms with Crippen LogP contribution in [0.1, 0.15) is 24.9 Å². The molecule has 3 aromatic carbocycles. The van der Waals surface area contributed by atoms with E-state index in [1.807, 2.05) is 104 Å². The molecule has 0 aromatic heterocycles. The molecule has 1 N–H and O–H groups in total. The molecule has 0 aliphatic carbocycles. The molecule has 7 rings (SSSR count). The number of benzene rings is 3. The van der Waals surface area contributed by atoms with Crippen LogP contribution in [0, 0.1) is 11.8 Å². The van der Waals surface area contributed by atoms with Crippen LogP contribution in [0.25, 0.3) is 10.8 Å². The zero-order valence-corrected chi connectivity index (χ0v) is 24.3. The van der Waals surface area contributed by atoms with Gasteiger partial charge in [0.25, 0.3) is 5.91 Å². The van der Waals surface area contributed by atoms with Crippen molar-refractivity contribution in [2.75, 3.05) is 31.6 Å². The summed E-state index contributed by atoms with van der Waals surface area (Å²) in [5.74, 6) is -2.60. The van der Waals surface area contributed by atoms with Crippen LogP contribution in [-0.2, 0) is 19.1 Å². The Labute approximate surface area is 250 Å². The molecule has 4 aliphatic heterocycles. The number of ether oxygens (including phenoxy) is 1. The molecule has 43 heavy (non-hydrogen) atoms. The van der Waals surface area contributed by atoms with E-state index in [0.717, 1.165) is 10.8 Å². The second kappa shape index (κ2) is 10.2. The van der Waals surface area contributed by atoms with Gasteiger partial charge >= 0.3 is 0 Å². The number of rotatable bonds is 5. The van der Waals surface area contributed by atoms with Gasteiger partial charge < -0.3 is 24.5 Å². The first-order valence-corrected chi connectivity index (χ1v) is 14.9. The summed E-state index contributed by atoms with van der Waals surface area (Å²) < 4.78 is 7.04. The molecular weight excluding hydrogens is 542 g/mol. The van der Waals surface area contributed by atoms with Gasteiger partial charge in [-0.25, -0.2) is 0 Å². The molecule has 4 heterocycles. The van der Waals surface area contributed by atoms with Crippen LogP contribution in [0.3, 0.4) is 0 Å². The Hall–Kier alpha value is -4.27. The fourth-order valence-corrected chi connectivity index (χ4v) is 7.76. The maximum Gasteiger partial charge on any atom is 0.253 e. The standard InChI is InChI=1S/C35H35N3O5/c1-3-34-17-9-19-36(2)31(40)28(34)29-32(41)38(27(22-39)24-12-5-4-6-13-24)30-33(42)37(20-10-18-35(29,30)43-34)26-16-15-23-11-7-8-14-25(23)21-26/h4-18,21,27-30,39H,3,19-20,22H2,1-2H3/t27-,28+,29+,30?,34-,35+/m1/s1. The summed E-state index contributed by atoms with van der Waals surface area (Å²) in [6, 6.07) is 21.2. The summed E-state index contributed by atoms with van der Waals surface area (Å²) in [5, 5.41) is 12.8. The summed E-state index contributed by atoms with van der Waals surface area (Å²) >= 11 is 0. The fraction of sp³-hybridized carbons (Fsp3) is 0.343. The van der Waals surface area contributed by atoms with Crippen LogP contribution < -0.4 is 4.90 Å². The van der Waals surface area contributed by atoms with Crippen molar-refractivity contribution < 1.29 is 24.2 Å². The minimum absolute atomic E-state index is 0.181. The highest BCUT2D eigenvalue weighted by Gasteiger charge is 2.76. The summed E-state index contributed by atoms with van der Waals surface area (Å²) in [5.41, 5.74) is -1.04. The van der Waals surface area contributed by atoms with Crippen LogP contribution in [0.4, 0.5) is 5.69 Å². The number of carbonyl (C=O) groups is 3. The Balaban J connectivity index is 1.42. The lowest BCUT2D eigenvalue weighted by Gasteiger charge is -2.41. The van der Waals surface area contributed by atoms with Gasteiger partial charge in [-0.15, -0.1) is 0 Å². The van der Waals surface area contributed by atoms with Gasteiger partial charge in [0, 0.05) is 25.8 Å². The maximum atomic E-state index is 14.9. The number of likely N-dealkylation sites (N-methyl/N-ethyl adjacent to an activating group) is 1. The van der Waals surface area contributed by atoms with Crippen LogP contribution >= 0.6 is 0 Å². The monoisotopic (exact) mass is 577 g/mol. The molecule has 8 nitrogen and oxygen atoms in total. The van der Waals surface area contributed by atoms with Gasteiger partial charge in [-0.1, -0.05) is 91.9 Å². The predicted molar refractivity (Wildman–Crippen MR) is 163 cm³/mol.